The number of methoxy groups -OCH3 is 1. The van der Waals surface area contributed by atoms with E-state index < -0.39 is 0 Å². The van der Waals surface area contributed by atoms with Crippen molar-refractivity contribution in [3.05, 3.63) is 59.4 Å². The zero-order valence-corrected chi connectivity index (χ0v) is 12.6. The van der Waals surface area contributed by atoms with E-state index in [1.165, 1.54) is 18.9 Å². The molecular formula is C17H20N2O2. The quantitative estimate of drug-likeness (QED) is 0.852. The summed E-state index contributed by atoms with van der Waals surface area (Å²) in [7, 11) is 1.36. The van der Waals surface area contributed by atoms with Gasteiger partial charge in [0.15, 0.2) is 0 Å². The third-order valence-electron chi connectivity index (χ3n) is 3.30. The fraction of sp³-hybridized carbons (Fsp3) is 0.294. The van der Waals surface area contributed by atoms with Gasteiger partial charge in [0.2, 0.25) is 0 Å². The summed E-state index contributed by atoms with van der Waals surface area (Å²) in [5.41, 5.74) is 3.71. The zero-order valence-electron chi connectivity index (χ0n) is 12.6. The van der Waals surface area contributed by atoms with Crippen molar-refractivity contribution in [1.29, 1.82) is 0 Å². The van der Waals surface area contributed by atoms with E-state index in [1.807, 2.05) is 6.07 Å². The lowest BCUT2D eigenvalue weighted by Crippen LogP contribution is -2.05. The average Bonchev–Trinajstić information content (AvgIpc) is 2.53. The molecule has 2 aromatic rings. The predicted octanol–water partition coefficient (Wildman–Crippen LogP) is 3.60. The lowest BCUT2D eigenvalue weighted by Gasteiger charge is -2.09. The van der Waals surface area contributed by atoms with E-state index in [1.54, 1.807) is 6.07 Å². The van der Waals surface area contributed by atoms with Crippen LogP contribution in [0.15, 0.2) is 42.6 Å². The van der Waals surface area contributed by atoms with Gasteiger partial charge in [-0.15, -0.1) is 0 Å². The van der Waals surface area contributed by atoms with Crippen molar-refractivity contribution in [3.8, 4) is 0 Å². The van der Waals surface area contributed by atoms with E-state index in [0.717, 1.165) is 11.4 Å². The fourth-order valence-corrected chi connectivity index (χ4v) is 1.95. The molecule has 0 aliphatic rings. The molecule has 0 amide bonds. The normalized spacial score (nSPS) is 10.5. The van der Waals surface area contributed by atoms with Crippen LogP contribution in [0, 0.1) is 0 Å². The van der Waals surface area contributed by atoms with Gasteiger partial charge < -0.3 is 10.1 Å². The summed E-state index contributed by atoms with van der Waals surface area (Å²) in [6.45, 7) is 4.97. The number of ether oxygens (including phenoxy) is 1. The Labute approximate surface area is 125 Å². The number of carbonyl (C=O) groups is 1. The molecule has 4 heteroatoms. The molecule has 0 fully saturated rings. The highest BCUT2D eigenvalue weighted by molar-refractivity contribution is 5.88. The maximum Gasteiger partial charge on any atom is 0.339 e. The third-order valence-corrected chi connectivity index (χ3v) is 3.30. The molecule has 1 aromatic carbocycles. The number of nitrogens with zero attached hydrogens (tertiary/aromatic N) is 1. The highest BCUT2D eigenvalue weighted by Gasteiger charge is 2.05. The molecule has 0 atom stereocenters. The number of pyridine rings is 1. The highest BCUT2D eigenvalue weighted by Crippen LogP contribution is 2.17. The van der Waals surface area contributed by atoms with Crippen LogP contribution in [-0.2, 0) is 11.3 Å². The van der Waals surface area contributed by atoms with Crippen molar-refractivity contribution < 1.29 is 9.53 Å². The first-order valence-electron chi connectivity index (χ1n) is 6.97. The molecule has 1 N–H and O–H groups in total. The molecule has 4 nitrogen and oxygen atoms in total. The number of anilines is 1. The molecule has 0 aliphatic carbocycles. The smallest absolute Gasteiger partial charge is 0.339 e. The molecule has 1 aromatic heterocycles. The van der Waals surface area contributed by atoms with Gasteiger partial charge in [0, 0.05) is 11.9 Å². The Balaban J connectivity index is 1.95. The van der Waals surface area contributed by atoms with Crippen LogP contribution >= 0.6 is 0 Å². The summed E-state index contributed by atoms with van der Waals surface area (Å²) in [6.07, 6.45) is 1.53. The molecular weight excluding hydrogens is 264 g/mol. The fourth-order valence-electron chi connectivity index (χ4n) is 1.95. The molecule has 0 spiro atoms. The van der Waals surface area contributed by atoms with E-state index in [2.05, 4.69) is 53.2 Å². The number of hydrogen-bond acceptors (Lipinski definition) is 4. The topological polar surface area (TPSA) is 51.2 Å². The Bertz CT molecular complexity index is 589. The van der Waals surface area contributed by atoms with Crippen LogP contribution in [0.4, 0.5) is 5.69 Å². The average molecular weight is 284 g/mol. The van der Waals surface area contributed by atoms with Gasteiger partial charge in [-0.05, 0) is 35.7 Å². The van der Waals surface area contributed by atoms with Gasteiger partial charge in [-0.1, -0.05) is 26.0 Å². The van der Waals surface area contributed by atoms with Crippen LogP contribution in [0.25, 0.3) is 0 Å². The number of aromatic nitrogens is 1. The van der Waals surface area contributed by atoms with Crippen LogP contribution in [0.3, 0.4) is 0 Å². The van der Waals surface area contributed by atoms with Gasteiger partial charge in [0.25, 0.3) is 0 Å². The lowest BCUT2D eigenvalue weighted by atomic mass is 10.0. The number of hydrogen-bond donors (Lipinski definition) is 1. The van der Waals surface area contributed by atoms with Crippen LogP contribution in [-0.4, -0.2) is 18.1 Å². The highest BCUT2D eigenvalue weighted by atomic mass is 16.5. The van der Waals surface area contributed by atoms with Gasteiger partial charge in [-0.3, -0.25) is 4.98 Å². The Hall–Kier alpha value is -2.36. The Kier molecular flexibility index (Phi) is 4.93. The molecule has 2 rings (SSSR count). The maximum absolute atomic E-state index is 11.3. The summed E-state index contributed by atoms with van der Waals surface area (Å²) in [6, 6.07) is 11.9. The second kappa shape index (κ2) is 6.88. The molecule has 0 unspecified atom stereocenters. The largest absolute Gasteiger partial charge is 0.465 e. The van der Waals surface area contributed by atoms with Crippen molar-refractivity contribution in [1.82, 2.24) is 4.98 Å². The first-order chi connectivity index (χ1) is 10.1. The summed E-state index contributed by atoms with van der Waals surface area (Å²) < 4.78 is 4.64. The minimum atomic E-state index is -0.369. The van der Waals surface area contributed by atoms with Gasteiger partial charge in [0.1, 0.15) is 0 Å². The van der Waals surface area contributed by atoms with Crippen molar-refractivity contribution >= 4 is 11.7 Å². The minimum absolute atomic E-state index is 0.369. The molecule has 21 heavy (non-hydrogen) atoms. The monoisotopic (exact) mass is 284 g/mol. The van der Waals surface area contributed by atoms with Gasteiger partial charge in [-0.25, -0.2) is 4.79 Å². The van der Waals surface area contributed by atoms with Crippen LogP contribution < -0.4 is 5.32 Å². The molecule has 0 radical (unpaired) electrons. The summed E-state index contributed by atoms with van der Waals surface area (Å²) in [4.78, 5) is 15.6. The molecule has 0 aliphatic heterocycles. The van der Waals surface area contributed by atoms with Crippen LogP contribution in [0.1, 0.15) is 41.4 Å². The Morgan fingerprint density at radius 1 is 1.19 bits per heavy atom. The maximum atomic E-state index is 11.3. The van der Waals surface area contributed by atoms with Gasteiger partial charge >= 0.3 is 5.97 Å². The van der Waals surface area contributed by atoms with Crippen molar-refractivity contribution in [2.24, 2.45) is 0 Å². The SMILES string of the molecule is COC(=O)c1ccc(CNc2ccc(C(C)C)cc2)nc1. The van der Waals surface area contributed by atoms with E-state index in [4.69, 9.17) is 0 Å². The summed E-state index contributed by atoms with van der Waals surface area (Å²) >= 11 is 0. The molecule has 110 valence electrons. The molecule has 0 bridgehead atoms. The Morgan fingerprint density at radius 2 is 1.90 bits per heavy atom. The number of benzene rings is 1. The second-order valence-corrected chi connectivity index (χ2v) is 5.16. The number of rotatable bonds is 5. The molecule has 0 saturated carbocycles. The standard InChI is InChI=1S/C17H20N2O2/c1-12(2)13-4-7-15(8-5-13)19-11-16-9-6-14(10-18-16)17(20)21-3/h4-10,12,19H,11H2,1-3H3. The molecule has 0 saturated heterocycles. The number of nitrogens with one attached hydrogen (secondary N) is 1. The van der Waals surface area contributed by atoms with Gasteiger partial charge in [0.05, 0.1) is 24.9 Å². The van der Waals surface area contributed by atoms with E-state index in [0.29, 0.717) is 18.0 Å². The zero-order chi connectivity index (χ0) is 15.2. The van der Waals surface area contributed by atoms with E-state index in [9.17, 15) is 4.79 Å². The van der Waals surface area contributed by atoms with Crippen LogP contribution in [0.5, 0.6) is 0 Å². The summed E-state index contributed by atoms with van der Waals surface area (Å²) in [5, 5.41) is 3.31. The predicted molar refractivity (Wildman–Crippen MR) is 83.4 cm³/mol. The first-order valence-corrected chi connectivity index (χ1v) is 6.97. The second-order valence-electron chi connectivity index (χ2n) is 5.16. The lowest BCUT2D eigenvalue weighted by molar-refractivity contribution is 0.0600. The van der Waals surface area contributed by atoms with E-state index >= 15 is 0 Å². The van der Waals surface area contributed by atoms with Crippen LogP contribution in [0.2, 0.25) is 0 Å². The van der Waals surface area contributed by atoms with Crippen molar-refractivity contribution in [2.75, 3.05) is 12.4 Å². The molecule has 1 heterocycles. The van der Waals surface area contributed by atoms with E-state index in [-0.39, 0.29) is 5.97 Å². The number of carbonyl (C=O) groups excluding carboxylic acids is 1. The van der Waals surface area contributed by atoms with Gasteiger partial charge in [-0.2, -0.15) is 0 Å². The number of esters is 1. The first kappa shape index (κ1) is 15.0. The minimum Gasteiger partial charge on any atom is -0.465 e. The van der Waals surface area contributed by atoms with Crippen molar-refractivity contribution in [2.45, 2.75) is 26.3 Å². The van der Waals surface area contributed by atoms with Crippen molar-refractivity contribution in [3.63, 3.8) is 0 Å². The third kappa shape index (κ3) is 4.05. The summed E-state index contributed by atoms with van der Waals surface area (Å²) in [5.74, 6) is 0.165. The Morgan fingerprint density at radius 3 is 2.43 bits per heavy atom.